The van der Waals surface area contributed by atoms with Crippen molar-refractivity contribution in [1.29, 1.82) is 0 Å². The van der Waals surface area contributed by atoms with Gasteiger partial charge in [0.25, 0.3) is 0 Å². The van der Waals surface area contributed by atoms with Gasteiger partial charge in [-0.3, -0.25) is 28.8 Å². The lowest BCUT2D eigenvalue weighted by atomic mass is 9.91. The minimum atomic E-state index is -4.77. The Balaban J connectivity index is -0.000000118. The third-order valence-electron chi connectivity index (χ3n) is 18.7. The molecule has 0 aliphatic rings. The third kappa shape index (κ3) is 48.3. The Hall–Kier alpha value is -8.84. The second kappa shape index (κ2) is 60.7. The van der Waals surface area contributed by atoms with Crippen molar-refractivity contribution in [2.24, 2.45) is 32.5 Å². The van der Waals surface area contributed by atoms with Crippen molar-refractivity contribution < 1.29 is 119 Å². The van der Waals surface area contributed by atoms with Gasteiger partial charge >= 0.3 is 60.5 Å². The van der Waals surface area contributed by atoms with Crippen molar-refractivity contribution >= 4 is 35.8 Å². The van der Waals surface area contributed by atoms with Crippen LogP contribution in [-0.4, -0.2) is 35.8 Å². The Morgan fingerprint density at radius 3 is 0.935 bits per heavy atom. The maximum Gasteiger partial charge on any atom is 0.419 e. The lowest BCUT2D eigenvalue weighted by Crippen LogP contribution is -2.26. The zero-order chi connectivity index (χ0) is 85.7. The van der Waals surface area contributed by atoms with Crippen molar-refractivity contribution in [2.45, 2.75) is 337 Å². The van der Waals surface area contributed by atoms with E-state index < -0.39 is 110 Å². The minimum absolute atomic E-state index is 0. The molecule has 0 aromatic heterocycles. The molecule has 0 aliphatic heterocycles. The molecule has 0 saturated carbocycles. The van der Waals surface area contributed by atoms with Gasteiger partial charge in [-0.1, -0.05) is 227 Å². The third-order valence-corrected chi connectivity index (χ3v) is 18.7. The summed E-state index contributed by atoms with van der Waals surface area (Å²) in [4.78, 5) is 70.4. The van der Waals surface area contributed by atoms with E-state index in [-0.39, 0.29) is 150 Å². The van der Waals surface area contributed by atoms with Gasteiger partial charge in [0.2, 0.25) is 0 Å². The summed E-state index contributed by atoms with van der Waals surface area (Å²) in [5.41, 5.74) is -2.85. The number of carbonyl (C=O) groups excluding carboxylic acids is 6. The van der Waals surface area contributed by atoms with Crippen LogP contribution in [0.1, 0.15) is 325 Å². The average molecular weight is 1780 g/mol. The molecule has 0 aliphatic carbocycles. The molecule has 0 amide bonds. The van der Waals surface area contributed by atoms with Crippen LogP contribution in [0.5, 0.6) is 0 Å². The van der Waals surface area contributed by atoms with E-state index in [0.29, 0.717) is 67.0 Å². The van der Waals surface area contributed by atoms with E-state index in [4.69, 9.17) is 28.4 Å². The average Bonchev–Trinajstić information content (AvgIpc) is 0.820. The van der Waals surface area contributed by atoms with Crippen LogP contribution in [0.15, 0.2) is 127 Å². The number of rotatable bonds is 24. The molecule has 0 N–H and O–H groups in total. The molecular formula is C97H156F14O12. The second-order valence-electron chi connectivity index (χ2n) is 30.2. The van der Waals surface area contributed by atoms with Gasteiger partial charge in [-0.25, -0.2) is 8.78 Å². The maximum atomic E-state index is 13.7. The van der Waals surface area contributed by atoms with Crippen molar-refractivity contribution in [3.8, 4) is 0 Å². The van der Waals surface area contributed by atoms with Crippen molar-refractivity contribution in [3.63, 3.8) is 0 Å². The van der Waals surface area contributed by atoms with Gasteiger partial charge in [0.1, 0.15) is 51.3 Å². The fourth-order valence-corrected chi connectivity index (χ4v) is 8.22. The zero-order valence-electron chi connectivity index (χ0n) is 67.3. The number of halogens is 14. The molecule has 6 rings (SSSR count). The van der Waals surface area contributed by atoms with E-state index in [2.05, 4.69) is 0 Å². The summed E-state index contributed by atoms with van der Waals surface area (Å²) in [6, 6.07) is 29.3. The van der Waals surface area contributed by atoms with Gasteiger partial charge in [0.05, 0.1) is 54.7 Å². The van der Waals surface area contributed by atoms with Crippen LogP contribution in [0, 0.1) is 64.9 Å². The van der Waals surface area contributed by atoms with E-state index in [1.54, 1.807) is 94.4 Å². The smallest absolute Gasteiger partial charge is 0.419 e. The Morgan fingerprint density at radius 1 is 0.276 bits per heavy atom. The first kappa shape index (κ1) is 140. The molecule has 0 radical (unpaired) electrons. The molecule has 6 aromatic carbocycles. The quantitative estimate of drug-likeness (QED) is 0.0321. The zero-order valence-corrected chi connectivity index (χ0v) is 67.3. The standard InChI is InChI=1S/C15H19F3O2.C14H16F4O2.2C14H17F3O2.C14H19FO2.C14H20O2.12CH4/c1-5-14(3,4)13(19)20-9-11-6-10(2)7-12(8-11)15(16,17)18;1-4-13(2,3)12(19)20-8-9-6-5-7-10(11(9)15)14(16,17)18;1-4-13(2,3)12(18)19-9-10-6-5-7-11(8-10)14(15,16)17;1-4-13(2,3)12(18)19-9-10-7-5-6-8-11(10)14(15,16)17;1-5-14(3,4)13(16)17-9-11-10(2)7-6-8-12(11)15;1-5-14(3,4)13(15)16-10-12-8-6-11(2)7-9-12;;;;;;;;;;;;/h6-8H,5,9H2,1-4H3;5-7H,4,8H2,1-3H3;2*5-8H,4,9H2,1-3H3;6-8H,5,9H2,1-4H3;6-9H,5,10H2,1-4H3;12*1H4. The van der Waals surface area contributed by atoms with E-state index in [1.165, 1.54) is 42.0 Å². The maximum absolute atomic E-state index is 13.7. The van der Waals surface area contributed by atoms with Gasteiger partial charge < -0.3 is 28.4 Å². The molecule has 0 fully saturated rings. The largest absolute Gasteiger partial charge is 0.460 e. The summed E-state index contributed by atoms with van der Waals surface area (Å²) in [6.07, 6.45) is -14.2. The van der Waals surface area contributed by atoms with Gasteiger partial charge in [-0.2, -0.15) is 52.7 Å². The molecule has 6 aromatic rings. The van der Waals surface area contributed by atoms with E-state index in [9.17, 15) is 90.2 Å². The highest BCUT2D eigenvalue weighted by Gasteiger charge is 2.38. The fraction of sp³-hybridized carbons (Fsp3) is 0.567. The summed E-state index contributed by atoms with van der Waals surface area (Å²) >= 11 is 0. The highest BCUT2D eigenvalue weighted by molar-refractivity contribution is 5.78. The molecule has 714 valence electrons. The molecule has 0 atom stereocenters. The number of hydrogen-bond donors (Lipinski definition) is 0. The summed E-state index contributed by atoms with van der Waals surface area (Å²) in [7, 11) is 0. The van der Waals surface area contributed by atoms with E-state index in [0.717, 1.165) is 60.0 Å². The predicted molar refractivity (Wildman–Crippen MR) is 477 cm³/mol. The summed E-state index contributed by atoms with van der Waals surface area (Å²) in [6.45, 7) is 37.0. The van der Waals surface area contributed by atoms with Crippen LogP contribution in [-0.2, 0) is 122 Å². The highest BCUT2D eigenvalue weighted by atomic mass is 19.4. The lowest BCUT2D eigenvalue weighted by molar-refractivity contribution is -0.157. The van der Waals surface area contributed by atoms with Gasteiger partial charge in [0.15, 0.2) is 0 Å². The van der Waals surface area contributed by atoms with Crippen LogP contribution in [0.2, 0.25) is 0 Å². The van der Waals surface area contributed by atoms with Crippen molar-refractivity contribution in [3.05, 3.63) is 211 Å². The first-order valence-corrected chi connectivity index (χ1v) is 36.0. The number of ether oxygens (including phenoxy) is 6. The fourth-order valence-electron chi connectivity index (χ4n) is 8.22. The van der Waals surface area contributed by atoms with E-state index >= 15 is 0 Å². The van der Waals surface area contributed by atoms with E-state index in [1.807, 2.05) is 93.5 Å². The Bertz CT molecular complexity index is 3940. The molecule has 0 unspecified atom stereocenters. The molecule has 0 spiro atoms. The molecular weight excluding hydrogens is 1620 g/mol. The second-order valence-corrected chi connectivity index (χ2v) is 30.2. The van der Waals surface area contributed by atoms with Gasteiger partial charge in [0, 0.05) is 16.7 Å². The molecule has 0 bridgehead atoms. The van der Waals surface area contributed by atoms with Gasteiger partial charge in [-0.05, 0) is 207 Å². The van der Waals surface area contributed by atoms with Crippen LogP contribution in [0.4, 0.5) is 61.5 Å². The van der Waals surface area contributed by atoms with Crippen molar-refractivity contribution in [1.82, 2.24) is 0 Å². The number of hydrogen-bond acceptors (Lipinski definition) is 12. The van der Waals surface area contributed by atoms with Gasteiger partial charge in [-0.15, -0.1) is 0 Å². The SMILES string of the molecule is C.C.C.C.C.C.C.C.C.C.C.C.CCC(C)(C)C(=O)OCc1c(C)cccc1F.CCC(C)(C)C(=O)OCc1cc(C)cc(C(F)(F)F)c1.CCC(C)(C)C(=O)OCc1ccc(C)cc1.CCC(C)(C)C(=O)OCc1cccc(C(F)(F)F)c1.CCC(C)(C)C(=O)OCc1cccc(C(F)(F)F)c1F.CCC(C)(C)C(=O)OCc1ccccc1C(F)(F)F. The van der Waals surface area contributed by atoms with Crippen LogP contribution < -0.4 is 0 Å². The Labute approximate surface area is 732 Å². The normalized spacial score (nSPS) is 10.9. The summed E-state index contributed by atoms with van der Waals surface area (Å²) < 4.78 is 209. The number of carbonyl (C=O) groups is 6. The lowest BCUT2D eigenvalue weighted by Gasteiger charge is -2.21. The molecule has 123 heavy (non-hydrogen) atoms. The number of benzene rings is 6. The minimum Gasteiger partial charge on any atom is -0.460 e. The molecule has 12 nitrogen and oxygen atoms in total. The Morgan fingerprint density at radius 2 is 0.577 bits per heavy atom. The first-order chi connectivity index (χ1) is 50.8. The molecule has 0 heterocycles. The topological polar surface area (TPSA) is 158 Å². The molecule has 26 heteroatoms. The highest BCUT2D eigenvalue weighted by Crippen LogP contribution is 2.37. The number of alkyl halides is 12. The number of aryl methyl sites for hydroxylation is 3. The van der Waals surface area contributed by atoms with Crippen LogP contribution in [0.25, 0.3) is 0 Å². The summed E-state index contributed by atoms with van der Waals surface area (Å²) in [5, 5.41) is 0. The first-order valence-electron chi connectivity index (χ1n) is 36.0. The predicted octanol–water partition coefficient (Wildman–Crippen LogP) is 31.9. The van der Waals surface area contributed by atoms with Crippen LogP contribution in [0.3, 0.4) is 0 Å². The Kier molecular flexibility index (Phi) is 69.1. The monoisotopic (exact) mass is 1780 g/mol. The summed E-state index contributed by atoms with van der Waals surface area (Å²) in [5.74, 6) is -4.03. The van der Waals surface area contributed by atoms with Crippen molar-refractivity contribution in [2.75, 3.05) is 0 Å². The number of esters is 6. The van der Waals surface area contributed by atoms with Crippen LogP contribution >= 0.6 is 0 Å². The molecule has 0 saturated heterocycles.